The third-order valence-corrected chi connectivity index (χ3v) is 12.8. The first kappa shape index (κ1) is 64.9. The smallest absolute Gasteiger partial charge is 0.338 e. The van der Waals surface area contributed by atoms with Crippen LogP contribution in [-0.4, -0.2) is 45.9 Å². The molecule has 0 saturated carbocycles. The number of nitro benzene ring substituents is 2. The number of carbonyl (C=O) groups excluding carboxylic acids is 4. The normalized spacial score (nSPS) is 11.8. The number of rotatable bonds is 38. The molecule has 0 spiro atoms. The van der Waals surface area contributed by atoms with Crippen molar-refractivity contribution in [2.75, 3.05) is 11.5 Å². The van der Waals surface area contributed by atoms with Crippen molar-refractivity contribution in [1.29, 1.82) is 0 Å². The molecule has 0 saturated heterocycles. The average molecular weight is 1080 g/mol. The number of non-ortho nitro benzene ring substituents is 2. The lowest BCUT2D eigenvalue weighted by Gasteiger charge is -2.16. The van der Waals surface area contributed by atoms with Crippen LogP contribution in [0.15, 0.2) is 121 Å². The lowest BCUT2D eigenvalue weighted by Crippen LogP contribution is -2.18. The fraction of sp³-hybridized carbons (Fsp3) is 0.484. The molecule has 0 aliphatic carbocycles. The van der Waals surface area contributed by atoms with Crippen molar-refractivity contribution < 1.29 is 48.0 Å². The summed E-state index contributed by atoms with van der Waals surface area (Å²) in [6.45, 7) is 4.34. The molecule has 0 heterocycles. The Morgan fingerprint density at radius 1 is 0.449 bits per heavy atom. The second kappa shape index (κ2) is 39.9. The van der Waals surface area contributed by atoms with E-state index in [1.54, 1.807) is 48.5 Å². The summed E-state index contributed by atoms with van der Waals surface area (Å²) in [5.74, 6) is -0.461. The Bertz CT molecular complexity index is 2410. The molecule has 0 radical (unpaired) electrons. The van der Waals surface area contributed by atoms with Gasteiger partial charge in [0.25, 0.3) is 11.4 Å². The van der Waals surface area contributed by atoms with Crippen molar-refractivity contribution in [2.24, 2.45) is 0 Å². The highest BCUT2D eigenvalue weighted by Gasteiger charge is 2.18. The fourth-order valence-corrected chi connectivity index (χ4v) is 8.22. The van der Waals surface area contributed by atoms with Crippen LogP contribution in [0.1, 0.15) is 202 Å². The molecule has 2 atom stereocenters. The molecule has 0 fully saturated rings. The van der Waals surface area contributed by atoms with Crippen molar-refractivity contribution in [3.05, 3.63) is 153 Å². The summed E-state index contributed by atoms with van der Waals surface area (Å²) < 4.78 is 22.1. The van der Waals surface area contributed by atoms with E-state index in [9.17, 15) is 39.4 Å². The van der Waals surface area contributed by atoms with Crippen molar-refractivity contribution in [1.82, 2.24) is 0 Å². The first-order chi connectivity index (χ1) is 37.8. The third-order valence-electron chi connectivity index (χ3n) is 12.8. The molecule has 4 aromatic rings. The highest BCUT2D eigenvalue weighted by molar-refractivity contribution is 5.90. The molecular formula is C62H84N4O12. The number of carbonyl (C=O) groups is 4. The largest absolute Gasteiger partial charge is 0.458 e. The van der Waals surface area contributed by atoms with Gasteiger partial charge in [-0.1, -0.05) is 115 Å². The Labute approximate surface area is 461 Å². The lowest BCUT2D eigenvalue weighted by molar-refractivity contribution is -0.385. The lowest BCUT2D eigenvalue weighted by atomic mass is 10.1. The van der Waals surface area contributed by atoms with Gasteiger partial charge in [-0.2, -0.15) is 0 Å². The molecule has 78 heavy (non-hydrogen) atoms. The number of nitrogens with two attached hydrogens (primary N) is 2. The van der Waals surface area contributed by atoms with Gasteiger partial charge in [-0.15, -0.1) is 0 Å². The van der Waals surface area contributed by atoms with Crippen LogP contribution in [-0.2, 0) is 19.1 Å². The number of allylic oxidation sites excluding steroid dienone is 2. The van der Waals surface area contributed by atoms with Gasteiger partial charge in [0.05, 0.1) is 21.0 Å². The van der Waals surface area contributed by atoms with E-state index in [1.807, 2.05) is 0 Å². The minimum atomic E-state index is -0.503. The van der Waals surface area contributed by atoms with Crippen LogP contribution >= 0.6 is 0 Å². The predicted molar refractivity (Wildman–Crippen MR) is 307 cm³/mol. The van der Waals surface area contributed by atoms with Gasteiger partial charge in [0.1, 0.15) is 23.7 Å². The van der Waals surface area contributed by atoms with Crippen LogP contribution < -0.4 is 20.9 Å². The Kier molecular flexibility index (Phi) is 33.2. The number of nitro groups is 2. The van der Waals surface area contributed by atoms with E-state index in [2.05, 4.69) is 38.2 Å². The van der Waals surface area contributed by atoms with Gasteiger partial charge in [0.15, 0.2) is 0 Å². The molecule has 0 aliphatic heterocycles. The van der Waals surface area contributed by atoms with Gasteiger partial charge in [-0.3, -0.25) is 29.8 Å². The molecule has 0 unspecified atom stereocenters. The second-order valence-electron chi connectivity index (χ2n) is 19.5. The number of esters is 4. The van der Waals surface area contributed by atoms with E-state index < -0.39 is 15.8 Å². The Morgan fingerprint density at radius 2 is 0.782 bits per heavy atom. The van der Waals surface area contributed by atoms with Gasteiger partial charge in [-0.25, -0.2) is 9.59 Å². The summed E-state index contributed by atoms with van der Waals surface area (Å²) in [4.78, 5) is 69.5. The van der Waals surface area contributed by atoms with E-state index in [1.165, 1.54) is 61.4 Å². The topological polar surface area (TPSA) is 244 Å². The quantitative estimate of drug-likeness (QED) is 0.00807. The van der Waals surface area contributed by atoms with Crippen molar-refractivity contribution in [3.63, 3.8) is 0 Å². The Hall–Kier alpha value is -7.36. The van der Waals surface area contributed by atoms with E-state index in [0.717, 1.165) is 135 Å². The summed E-state index contributed by atoms with van der Waals surface area (Å²) in [5, 5.41) is 21.5. The van der Waals surface area contributed by atoms with Crippen molar-refractivity contribution >= 4 is 46.6 Å². The van der Waals surface area contributed by atoms with E-state index in [-0.39, 0.29) is 41.5 Å². The summed E-state index contributed by atoms with van der Waals surface area (Å²) in [6, 6.07) is 24.6. The van der Waals surface area contributed by atoms with Crippen LogP contribution in [0.25, 0.3) is 0 Å². The maximum absolute atomic E-state index is 12.6. The second-order valence-corrected chi connectivity index (χ2v) is 19.5. The van der Waals surface area contributed by atoms with Gasteiger partial charge in [0.2, 0.25) is 0 Å². The summed E-state index contributed by atoms with van der Waals surface area (Å²) in [5.41, 5.74) is 13.4. The van der Waals surface area contributed by atoms with Crippen molar-refractivity contribution in [2.45, 2.75) is 193 Å². The molecule has 4 N–H and O–H groups in total. The van der Waals surface area contributed by atoms with Gasteiger partial charge in [-0.05, 0) is 137 Å². The molecule has 0 amide bonds. The molecule has 424 valence electrons. The van der Waals surface area contributed by atoms with Crippen LogP contribution in [0, 0.1) is 20.2 Å². The zero-order valence-electron chi connectivity index (χ0n) is 46.0. The molecule has 0 aliphatic rings. The summed E-state index contributed by atoms with van der Waals surface area (Å²) in [6.07, 6.45) is 32.7. The van der Waals surface area contributed by atoms with E-state index in [4.69, 9.17) is 30.4 Å². The zero-order chi connectivity index (χ0) is 56.6. The Morgan fingerprint density at radius 3 is 1.18 bits per heavy atom. The number of hydrogen-bond donors (Lipinski definition) is 2. The van der Waals surface area contributed by atoms with Gasteiger partial charge < -0.3 is 30.4 Å². The molecule has 0 aromatic heterocycles. The standard InChI is InChI=1S/C31H40N2O8.C31H44N2O4/c1-2-3-4-11-14-28(41-31(35)25-17-19-26(20-18-25)32(36)37)15-12-9-7-5-6-8-10-13-16-30(34)40-29-23-21-27(22-24-29)33(38)39;1-2-3-4-11-14-28(37-31(35)25-17-19-26(32)20-18-25)15-12-9-7-5-6-8-10-13-16-30(34)36-29-23-21-27(33)22-24-29/h9,12,17-24,28H,2-8,10-11,13-16H2,1H3;9,12,17-24,28H,2-8,10-11,13-16,32-33H2,1H3/b2*12-9-/t2*28-/m11/s1. The highest BCUT2D eigenvalue weighted by Crippen LogP contribution is 2.22. The minimum Gasteiger partial charge on any atom is -0.458 e. The molecule has 4 aromatic carbocycles. The molecular weight excluding hydrogens is 993 g/mol. The first-order valence-electron chi connectivity index (χ1n) is 28.1. The first-order valence-corrected chi connectivity index (χ1v) is 28.1. The number of nitrogen functional groups attached to an aromatic ring is 2. The van der Waals surface area contributed by atoms with Crippen LogP contribution in [0.5, 0.6) is 11.5 Å². The predicted octanol–water partition coefficient (Wildman–Crippen LogP) is 15.9. The van der Waals surface area contributed by atoms with Crippen LogP contribution in [0.2, 0.25) is 0 Å². The molecule has 16 heteroatoms. The summed E-state index contributed by atoms with van der Waals surface area (Å²) in [7, 11) is 0. The number of hydrogen-bond acceptors (Lipinski definition) is 14. The number of unbranched alkanes of at least 4 members (excludes halogenated alkanes) is 16. The number of ether oxygens (including phenoxy) is 4. The van der Waals surface area contributed by atoms with E-state index >= 15 is 0 Å². The van der Waals surface area contributed by atoms with Gasteiger partial charge >= 0.3 is 23.9 Å². The third kappa shape index (κ3) is 29.8. The summed E-state index contributed by atoms with van der Waals surface area (Å²) >= 11 is 0. The molecule has 16 nitrogen and oxygen atoms in total. The van der Waals surface area contributed by atoms with Crippen LogP contribution in [0.3, 0.4) is 0 Å². The number of benzene rings is 4. The monoisotopic (exact) mass is 1080 g/mol. The molecule has 4 rings (SSSR count). The van der Waals surface area contributed by atoms with Crippen molar-refractivity contribution in [3.8, 4) is 11.5 Å². The minimum absolute atomic E-state index is 0.0509. The van der Waals surface area contributed by atoms with E-state index in [0.29, 0.717) is 53.3 Å². The highest BCUT2D eigenvalue weighted by atomic mass is 16.6. The maximum Gasteiger partial charge on any atom is 0.338 e. The Balaban J connectivity index is 0.000000412. The number of anilines is 2. The maximum atomic E-state index is 12.6. The van der Waals surface area contributed by atoms with Gasteiger partial charge in [0, 0.05) is 61.3 Å². The zero-order valence-corrected chi connectivity index (χ0v) is 46.0. The molecule has 0 bridgehead atoms. The average Bonchev–Trinajstić information content (AvgIpc) is 3.42. The SMILES string of the molecule is CCCCCC[C@H](C/C=C\CCCCCCCC(=O)Oc1ccc(N)cc1)OC(=O)c1ccc(N)cc1.CCCCCC[C@H](C/C=C\CCCCCCCC(=O)Oc1ccc([N+](=O)[O-])cc1)OC(=O)c1ccc([N+](=O)[O-])cc1. The number of nitrogens with zero attached hydrogens (tertiary/aromatic N) is 2. The fourth-order valence-electron chi connectivity index (χ4n) is 8.22. The van der Waals surface area contributed by atoms with Crippen LogP contribution in [0.4, 0.5) is 22.7 Å².